The smallest absolute Gasteiger partial charge is 0.0771 e. The van der Waals surface area contributed by atoms with E-state index in [1.165, 1.54) is 11.4 Å². The summed E-state index contributed by atoms with van der Waals surface area (Å²) in [5, 5.41) is 0.758. The summed E-state index contributed by atoms with van der Waals surface area (Å²) in [5.74, 6) is 0. The molecule has 0 amide bonds. The number of aromatic nitrogens is 1. The second kappa shape index (κ2) is 8.25. The second-order valence-electron chi connectivity index (χ2n) is 6.79. The van der Waals surface area contributed by atoms with Crippen molar-refractivity contribution in [3.8, 4) is 0 Å². The van der Waals surface area contributed by atoms with Crippen molar-refractivity contribution in [2.45, 2.75) is 19.1 Å². The molecule has 2 aromatic rings. The van der Waals surface area contributed by atoms with Gasteiger partial charge >= 0.3 is 0 Å². The fraction of sp³-hybridized carbons (Fsp3) is 0.450. The molecule has 0 N–H and O–H groups in total. The third kappa shape index (κ3) is 4.29. The van der Waals surface area contributed by atoms with Gasteiger partial charge in [-0.2, -0.15) is 0 Å². The predicted molar refractivity (Wildman–Crippen MR) is 104 cm³/mol. The zero-order valence-corrected chi connectivity index (χ0v) is 15.6. The summed E-state index contributed by atoms with van der Waals surface area (Å²) in [6.07, 6.45) is 5.18. The van der Waals surface area contributed by atoms with E-state index in [1.54, 1.807) is 0 Å². The molecule has 6 heteroatoms. The Hall–Kier alpha value is -1.82. The Kier molecular flexibility index (Phi) is 5.58. The minimum atomic E-state index is 0.248. The van der Waals surface area contributed by atoms with Crippen LogP contribution in [0.5, 0.6) is 0 Å². The number of rotatable bonds is 5. The van der Waals surface area contributed by atoms with E-state index in [-0.39, 0.29) is 6.10 Å². The van der Waals surface area contributed by atoms with Crippen molar-refractivity contribution < 1.29 is 9.47 Å². The molecule has 2 aliphatic heterocycles. The Morgan fingerprint density at radius 2 is 1.77 bits per heavy atom. The normalized spacial score (nSPS) is 20.6. The molecule has 0 aliphatic carbocycles. The van der Waals surface area contributed by atoms with Crippen molar-refractivity contribution in [3.63, 3.8) is 0 Å². The predicted octanol–water partition coefficient (Wildman–Crippen LogP) is 3.37. The summed E-state index contributed by atoms with van der Waals surface area (Å²) < 4.78 is 11.5. The Balaban J connectivity index is 1.34. The minimum Gasteiger partial charge on any atom is -0.378 e. The molecule has 0 radical (unpaired) electrons. The summed E-state index contributed by atoms with van der Waals surface area (Å²) in [7, 11) is 0. The molecule has 1 atom stereocenters. The first-order chi connectivity index (χ1) is 12.8. The maximum absolute atomic E-state index is 6.10. The number of ether oxygens (including phenoxy) is 2. The lowest BCUT2D eigenvalue weighted by atomic mass is 10.2. The van der Waals surface area contributed by atoms with Crippen LogP contribution in [0.3, 0.4) is 0 Å². The summed E-state index contributed by atoms with van der Waals surface area (Å²) in [6.45, 7) is 5.96. The molecule has 1 aromatic carbocycles. The topological polar surface area (TPSA) is 37.8 Å². The van der Waals surface area contributed by atoms with Crippen LogP contribution in [0.4, 0.5) is 11.4 Å². The molecule has 1 aromatic heterocycles. The second-order valence-corrected chi connectivity index (χ2v) is 7.23. The minimum absolute atomic E-state index is 0.248. The highest BCUT2D eigenvalue weighted by Crippen LogP contribution is 2.26. The summed E-state index contributed by atoms with van der Waals surface area (Å²) in [5.41, 5.74) is 3.51. The van der Waals surface area contributed by atoms with E-state index in [4.69, 9.17) is 21.1 Å². The molecular formula is C20H24ClN3O2. The number of hydrogen-bond acceptors (Lipinski definition) is 5. The highest BCUT2D eigenvalue weighted by atomic mass is 35.5. The van der Waals surface area contributed by atoms with Gasteiger partial charge in [-0.05, 0) is 30.2 Å². The van der Waals surface area contributed by atoms with Crippen LogP contribution in [0.2, 0.25) is 5.02 Å². The van der Waals surface area contributed by atoms with Gasteiger partial charge < -0.3 is 19.3 Å². The van der Waals surface area contributed by atoms with Crippen LogP contribution in [0.15, 0.2) is 42.7 Å². The third-order valence-electron chi connectivity index (χ3n) is 4.99. The largest absolute Gasteiger partial charge is 0.378 e. The van der Waals surface area contributed by atoms with E-state index >= 15 is 0 Å². The number of nitrogens with zero attached hydrogens (tertiary/aromatic N) is 3. The average Bonchev–Trinajstić information content (AvgIpc) is 3.18. The van der Waals surface area contributed by atoms with Gasteiger partial charge in [-0.1, -0.05) is 23.7 Å². The highest BCUT2D eigenvalue weighted by Gasteiger charge is 2.24. The maximum atomic E-state index is 6.10. The van der Waals surface area contributed by atoms with Crippen LogP contribution in [0, 0.1) is 0 Å². The summed E-state index contributed by atoms with van der Waals surface area (Å²) in [4.78, 5) is 9.16. The Bertz CT molecular complexity index is 719. The number of morpholine rings is 1. The number of pyridine rings is 1. The van der Waals surface area contributed by atoms with Gasteiger partial charge in [0.2, 0.25) is 0 Å². The quantitative estimate of drug-likeness (QED) is 0.803. The number of halogens is 1. The van der Waals surface area contributed by atoms with Crippen molar-refractivity contribution in [1.29, 1.82) is 0 Å². The monoisotopic (exact) mass is 373 g/mol. The first-order valence-electron chi connectivity index (χ1n) is 9.17. The molecule has 0 unspecified atom stereocenters. The van der Waals surface area contributed by atoms with E-state index in [2.05, 4.69) is 20.9 Å². The summed E-state index contributed by atoms with van der Waals surface area (Å²) >= 11 is 5.93. The van der Waals surface area contributed by atoms with E-state index in [1.807, 2.05) is 36.7 Å². The molecule has 3 heterocycles. The maximum Gasteiger partial charge on any atom is 0.0771 e. The molecule has 4 rings (SSSR count). The van der Waals surface area contributed by atoms with Gasteiger partial charge in [-0.15, -0.1) is 0 Å². The molecule has 2 fully saturated rings. The zero-order valence-electron chi connectivity index (χ0n) is 14.8. The lowest BCUT2D eigenvalue weighted by Gasteiger charge is -2.29. The van der Waals surface area contributed by atoms with Gasteiger partial charge in [0.05, 0.1) is 49.7 Å². The molecule has 138 valence electrons. The van der Waals surface area contributed by atoms with E-state index in [9.17, 15) is 0 Å². The molecule has 2 aliphatic rings. The lowest BCUT2D eigenvalue weighted by molar-refractivity contribution is 0.0553. The lowest BCUT2D eigenvalue weighted by Crippen LogP contribution is -2.36. The molecule has 0 saturated carbocycles. The van der Waals surface area contributed by atoms with Crippen molar-refractivity contribution in [1.82, 2.24) is 4.98 Å². The van der Waals surface area contributed by atoms with Gasteiger partial charge in [-0.3, -0.25) is 4.98 Å². The Morgan fingerprint density at radius 3 is 2.54 bits per heavy atom. The molecule has 26 heavy (non-hydrogen) atoms. The Morgan fingerprint density at radius 1 is 1.04 bits per heavy atom. The van der Waals surface area contributed by atoms with Crippen molar-refractivity contribution in [2.24, 2.45) is 0 Å². The molecule has 2 saturated heterocycles. The Labute approximate surface area is 159 Å². The molecular weight excluding hydrogens is 350 g/mol. The number of hydrogen-bond donors (Lipinski definition) is 0. The number of anilines is 2. The van der Waals surface area contributed by atoms with Gasteiger partial charge in [0, 0.05) is 31.2 Å². The average molecular weight is 374 g/mol. The zero-order chi connectivity index (χ0) is 17.8. The van der Waals surface area contributed by atoms with Crippen molar-refractivity contribution >= 4 is 23.0 Å². The van der Waals surface area contributed by atoms with Crippen LogP contribution in [0.1, 0.15) is 12.0 Å². The summed E-state index contributed by atoms with van der Waals surface area (Å²) in [6, 6.07) is 10.1. The van der Waals surface area contributed by atoms with Crippen LogP contribution < -0.4 is 9.80 Å². The van der Waals surface area contributed by atoms with Gasteiger partial charge in [0.15, 0.2) is 0 Å². The van der Waals surface area contributed by atoms with Crippen LogP contribution >= 0.6 is 11.6 Å². The van der Waals surface area contributed by atoms with Gasteiger partial charge in [0.1, 0.15) is 0 Å². The fourth-order valence-corrected chi connectivity index (χ4v) is 3.60. The van der Waals surface area contributed by atoms with Crippen LogP contribution in [0.25, 0.3) is 0 Å². The fourth-order valence-electron chi connectivity index (χ4n) is 3.48. The standard InChI is InChI=1S/C20H24ClN3O2/c21-17-3-1-16(2-4-17)15-26-20-5-6-24(14-20)19-11-18(12-22-13-19)23-7-9-25-10-8-23/h1-4,11-13,20H,5-10,14-15H2/t20-/m1/s1. The first kappa shape index (κ1) is 17.6. The van der Waals surface area contributed by atoms with Gasteiger partial charge in [-0.25, -0.2) is 0 Å². The van der Waals surface area contributed by atoms with Crippen molar-refractivity contribution in [3.05, 3.63) is 53.3 Å². The van der Waals surface area contributed by atoms with E-state index in [0.717, 1.165) is 56.4 Å². The third-order valence-corrected chi connectivity index (χ3v) is 5.25. The number of benzene rings is 1. The SMILES string of the molecule is Clc1ccc(CO[C@@H]2CCN(c3cncc(N4CCOCC4)c3)C2)cc1. The molecule has 5 nitrogen and oxygen atoms in total. The van der Waals surface area contributed by atoms with E-state index < -0.39 is 0 Å². The van der Waals surface area contributed by atoms with Gasteiger partial charge in [0.25, 0.3) is 0 Å². The highest BCUT2D eigenvalue weighted by molar-refractivity contribution is 6.30. The van der Waals surface area contributed by atoms with Crippen LogP contribution in [-0.4, -0.2) is 50.5 Å². The molecule has 0 spiro atoms. The van der Waals surface area contributed by atoms with Crippen LogP contribution in [-0.2, 0) is 16.1 Å². The van der Waals surface area contributed by atoms with Crippen molar-refractivity contribution in [2.75, 3.05) is 49.2 Å². The molecule has 0 bridgehead atoms. The van der Waals surface area contributed by atoms with E-state index in [0.29, 0.717) is 6.61 Å². The first-order valence-corrected chi connectivity index (χ1v) is 9.54.